The Morgan fingerprint density at radius 1 is 0.708 bits per heavy atom. The molecule has 8 heteroatoms. The quantitative estimate of drug-likeness (QED) is 0.369. The molecule has 2 aromatic rings. The van der Waals surface area contributed by atoms with Crippen LogP contribution in [0.15, 0.2) is 60.7 Å². The van der Waals surface area contributed by atoms with Crippen LogP contribution in [0, 0.1) is 0 Å². The molecule has 0 spiro atoms. The third kappa shape index (κ3) is 5.43. The van der Waals surface area contributed by atoms with Gasteiger partial charge in [-0.15, -0.1) is 0 Å². The van der Waals surface area contributed by atoms with Gasteiger partial charge < -0.3 is 9.05 Å². The fraction of sp³-hybridized carbons (Fsp3) is 0.250. The molecule has 2 rings (SSSR count). The van der Waals surface area contributed by atoms with Crippen molar-refractivity contribution in [3.8, 4) is 0 Å². The molecular formula is C16H20O2P2S4. The first-order valence-corrected chi connectivity index (χ1v) is 16.3. The SMILES string of the molecule is CCOP(=S)(SSP(=S)(OCC)c1ccccc1)c1ccccc1. The van der Waals surface area contributed by atoms with Crippen molar-refractivity contribution in [2.45, 2.75) is 13.8 Å². The van der Waals surface area contributed by atoms with Crippen molar-refractivity contribution in [1.82, 2.24) is 0 Å². The van der Waals surface area contributed by atoms with Crippen molar-refractivity contribution in [2.75, 3.05) is 13.2 Å². The van der Waals surface area contributed by atoms with Crippen LogP contribution in [0.3, 0.4) is 0 Å². The summed E-state index contributed by atoms with van der Waals surface area (Å²) in [6.07, 6.45) is 0. The Morgan fingerprint density at radius 2 is 1.04 bits per heavy atom. The van der Waals surface area contributed by atoms with Crippen molar-refractivity contribution in [1.29, 1.82) is 0 Å². The van der Waals surface area contributed by atoms with E-state index in [4.69, 9.17) is 32.7 Å². The molecule has 2 aromatic carbocycles. The Labute approximate surface area is 162 Å². The van der Waals surface area contributed by atoms with E-state index in [2.05, 4.69) is 0 Å². The molecule has 0 heterocycles. The monoisotopic (exact) mass is 434 g/mol. The molecule has 24 heavy (non-hydrogen) atoms. The fourth-order valence-electron chi connectivity index (χ4n) is 1.93. The summed E-state index contributed by atoms with van der Waals surface area (Å²) < 4.78 is 12.0. The van der Waals surface area contributed by atoms with Crippen LogP contribution in [0.1, 0.15) is 13.8 Å². The topological polar surface area (TPSA) is 18.5 Å². The molecule has 130 valence electrons. The molecule has 0 saturated carbocycles. The van der Waals surface area contributed by atoms with Crippen LogP contribution in [-0.2, 0) is 32.7 Å². The lowest BCUT2D eigenvalue weighted by molar-refractivity contribution is 0.389. The van der Waals surface area contributed by atoms with Crippen molar-refractivity contribution >= 4 is 66.0 Å². The molecule has 2 nitrogen and oxygen atoms in total. The third-order valence-corrected chi connectivity index (χ3v) is 20.9. The smallest absolute Gasteiger partial charge is 0.159 e. The van der Waals surface area contributed by atoms with Gasteiger partial charge in [-0.2, -0.15) is 0 Å². The molecule has 0 aliphatic carbocycles. The average Bonchev–Trinajstić information content (AvgIpc) is 2.62. The van der Waals surface area contributed by atoms with E-state index in [1.807, 2.05) is 74.5 Å². The lowest BCUT2D eigenvalue weighted by Gasteiger charge is -2.25. The van der Waals surface area contributed by atoms with Gasteiger partial charge in [-0.1, -0.05) is 60.7 Å². The van der Waals surface area contributed by atoms with Gasteiger partial charge in [0.2, 0.25) is 0 Å². The number of rotatable bonds is 9. The van der Waals surface area contributed by atoms with Crippen LogP contribution in [0.5, 0.6) is 0 Å². The molecule has 0 aromatic heterocycles. The first-order valence-electron chi connectivity index (χ1n) is 7.52. The van der Waals surface area contributed by atoms with E-state index < -0.39 is 10.9 Å². The predicted molar refractivity (Wildman–Crippen MR) is 119 cm³/mol. The standard InChI is InChI=1S/C16H20O2P2S4/c1-3-17-19(21,15-11-7-5-8-12-15)23-24-20(22,18-4-2)16-13-9-6-10-14-16/h5-14H,3-4H2,1-2H3. The van der Waals surface area contributed by atoms with Crippen molar-refractivity contribution in [3.63, 3.8) is 0 Å². The maximum absolute atomic E-state index is 6.01. The first-order chi connectivity index (χ1) is 11.5. The van der Waals surface area contributed by atoms with Crippen LogP contribution < -0.4 is 10.6 Å². The van der Waals surface area contributed by atoms with E-state index in [0.29, 0.717) is 13.2 Å². The zero-order chi connectivity index (χ0) is 17.5. The minimum absolute atomic E-state index is 0.586. The van der Waals surface area contributed by atoms with Crippen LogP contribution in [0.4, 0.5) is 0 Å². The number of hydrogen-bond donors (Lipinski definition) is 0. The summed E-state index contributed by atoms with van der Waals surface area (Å²) in [6, 6.07) is 20.1. The number of benzene rings is 2. The van der Waals surface area contributed by atoms with Crippen molar-refractivity contribution in [2.24, 2.45) is 0 Å². The van der Waals surface area contributed by atoms with Gasteiger partial charge in [-0.05, 0) is 58.3 Å². The van der Waals surface area contributed by atoms with Gasteiger partial charge in [0.05, 0.1) is 13.2 Å². The third-order valence-electron chi connectivity index (χ3n) is 2.97. The van der Waals surface area contributed by atoms with Gasteiger partial charge in [0, 0.05) is 10.6 Å². The highest BCUT2D eigenvalue weighted by Crippen LogP contribution is 2.75. The Kier molecular flexibility index (Phi) is 8.52. The zero-order valence-electron chi connectivity index (χ0n) is 13.5. The molecule has 2 atom stereocenters. The Morgan fingerprint density at radius 3 is 1.33 bits per heavy atom. The van der Waals surface area contributed by atoms with Crippen LogP contribution in [0.2, 0.25) is 0 Å². The second-order valence-electron chi connectivity index (χ2n) is 4.65. The van der Waals surface area contributed by atoms with E-state index in [-0.39, 0.29) is 0 Å². The van der Waals surface area contributed by atoms with Gasteiger partial charge in [0.1, 0.15) is 0 Å². The van der Waals surface area contributed by atoms with Gasteiger partial charge >= 0.3 is 0 Å². The lowest BCUT2D eigenvalue weighted by atomic mass is 10.4. The zero-order valence-corrected chi connectivity index (χ0v) is 18.6. The summed E-state index contributed by atoms with van der Waals surface area (Å²) in [5, 5.41) is 2.12. The van der Waals surface area contributed by atoms with Gasteiger partial charge in [0.15, 0.2) is 10.9 Å². The van der Waals surface area contributed by atoms with Crippen LogP contribution in [-0.4, -0.2) is 13.2 Å². The van der Waals surface area contributed by atoms with Crippen LogP contribution >= 0.6 is 31.8 Å². The summed E-state index contributed by atoms with van der Waals surface area (Å²) in [5.41, 5.74) is -4.44. The molecule has 0 aliphatic heterocycles. The molecule has 0 saturated heterocycles. The van der Waals surface area contributed by atoms with Gasteiger partial charge in [-0.25, -0.2) is 0 Å². The van der Waals surface area contributed by atoms with Gasteiger partial charge in [-0.3, -0.25) is 0 Å². The minimum atomic E-state index is -2.22. The summed E-state index contributed by atoms with van der Waals surface area (Å²) >= 11 is 11.8. The predicted octanol–water partition coefficient (Wildman–Crippen LogP) is 5.71. The largest absolute Gasteiger partial charge is 0.338 e. The lowest BCUT2D eigenvalue weighted by Crippen LogP contribution is -2.05. The molecule has 0 aliphatic rings. The maximum atomic E-state index is 6.01. The Bertz CT molecular complexity index is 662. The molecule has 0 bridgehead atoms. The molecule has 2 unspecified atom stereocenters. The maximum Gasteiger partial charge on any atom is 0.159 e. The molecule has 0 N–H and O–H groups in total. The van der Waals surface area contributed by atoms with Crippen molar-refractivity contribution < 1.29 is 9.05 Å². The minimum Gasteiger partial charge on any atom is -0.338 e. The van der Waals surface area contributed by atoms with E-state index in [1.165, 1.54) is 0 Å². The highest BCUT2D eigenvalue weighted by Gasteiger charge is 2.29. The second kappa shape index (κ2) is 9.89. The Balaban J connectivity index is 2.26. The normalized spacial score (nSPS) is 16.2. The average molecular weight is 435 g/mol. The summed E-state index contributed by atoms with van der Waals surface area (Å²) in [7, 11) is 3.17. The van der Waals surface area contributed by atoms with E-state index in [1.54, 1.807) is 20.8 Å². The van der Waals surface area contributed by atoms with Gasteiger partial charge in [0.25, 0.3) is 0 Å². The van der Waals surface area contributed by atoms with Crippen molar-refractivity contribution in [3.05, 3.63) is 60.7 Å². The molecular weight excluding hydrogens is 414 g/mol. The van der Waals surface area contributed by atoms with Crippen LogP contribution in [0.25, 0.3) is 0 Å². The molecule has 0 amide bonds. The highest BCUT2D eigenvalue weighted by molar-refractivity contribution is 9.19. The second-order valence-corrected chi connectivity index (χ2v) is 19.6. The Hall–Kier alpha value is 0.360. The summed E-state index contributed by atoms with van der Waals surface area (Å²) in [5.74, 6) is 0. The van der Waals surface area contributed by atoms with E-state index in [0.717, 1.165) is 10.6 Å². The first kappa shape index (κ1) is 20.7. The highest BCUT2D eigenvalue weighted by atomic mass is 33.5. The molecule has 0 fully saturated rings. The van der Waals surface area contributed by atoms with E-state index >= 15 is 0 Å². The fourth-order valence-corrected chi connectivity index (χ4v) is 21.5. The summed E-state index contributed by atoms with van der Waals surface area (Å²) in [4.78, 5) is 0. The summed E-state index contributed by atoms with van der Waals surface area (Å²) in [6.45, 7) is 5.13. The number of hydrogen-bond acceptors (Lipinski definition) is 6. The van der Waals surface area contributed by atoms with E-state index in [9.17, 15) is 0 Å². The molecule has 0 radical (unpaired) electrons.